The van der Waals surface area contributed by atoms with E-state index in [0.29, 0.717) is 5.75 Å². The first-order chi connectivity index (χ1) is 6.72. The van der Waals surface area contributed by atoms with Crippen LogP contribution in [-0.4, -0.2) is 5.11 Å². The second-order valence-corrected chi connectivity index (χ2v) is 3.70. The van der Waals surface area contributed by atoms with Crippen molar-refractivity contribution in [3.63, 3.8) is 0 Å². The third-order valence-corrected chi connectivity index (χ3v) is 2.69. The largest absolute Gasteiger partial charge is 0.508 e. The lowest BCUT2D eigenvalue weighted by Gasteiger charge is -2.07. The summed E-state index contributed by atoms with van der Waals surface area (Å²) >= 11 is 6.11. The minimum Gasteiger partial charge on any atom is -0.508 e. The fraction of sp³-hybridized carbons (Fsp3) is 0.167. The molecule has 0 aliphatic rings. The number of hydrogen-bond acceptors (Lipinski definition) is 1. The molecular formula is C12H11ClO. The van der Waals surface area contributed by atoms with Crippen LogP contribution in [0.2, 0.25) is 5.02 Å². The molecule has 0 saturated heterocycles. The van der Waals surface area contributed by atoms with E-state index < -0.39 is 0 Å². The Balaban J connectivity index is 2.88. The highest BCUT2D eigenvalue weighted by Gasteiger charge is 2.05. The fourth-order valence-corrected chi connectivity index (χ4v) is 2.03. The SMILES string of the molecule is CCc1cc(O)cc2cccc(Cl)c12. The predicted molar refractivity (Wildman–Crippen MR) is 60.0 cm³/mol. The predicted octanol–water partition coefficient (Wildman–Crippen LogP) is 3.76. The Kier molecular flexibility index (Phi) is 2.34. The zero-order valence-corrected chi connectivity index (χ0v) is 8.67. The van der Waals surface area contributed by atoms with Gasteiger partial charge >= 0.3 is 0 Å². The van der Waals surface area contributed by atoms with Crippen LogP contribution in [-0.2, 0) is 6.42 Å². The molecule has 2 aromatic rings. The fourth-order valence-electron chi connectivity index (χ4n) is 1.73. The molecule has 1 nitrogen and oxygen atoms in total. The standard InChI is InChI=1S/C12H11ClO/c1-2-8-6-10(14)7-9-4-3-5-11(13)12(8)9/h3-7,14H,2H2,1H3. The normalized spacial score (nSPS) is 10.7. The van der Waals surface area contributed by atoms with Crippen molar-refractivity contribution in [2.45, 2.75) is 13.3 Å². The van der Waals surface area contributed by atoms with Crippen LogP contribution >= 0.6 is 11.6 Å². The summed E-state index contributed by atoms with van der Waals surface area (Å²) in [4.78, 5) is 0. The van der Waals surface area contributed by atoms with Crippen LogP contribution in [0.3, 0.4) is 0 Å². The van der Waals surface area contributed by atoms with Gasteiger partial charge in [-0.2, -0.15) is 0 Å². The Morgan fingerprint density at radius 3 is 2.79 bits per heavy atom. The van der Waals surface area contributed by atoms with Gasteiger partial charge in [-0.15, -0.1) is 0 Å². The van der Waals surface area contributed by atoms with E-state index in [1.165, 1.54) is 0 Å². The maximum Gasteiger partial charge on any atom is 0.116 e. The summed E-state index contributed by atoms with van der Waals surface area (Å²) in [7, 11) is 0. The number of phenols is 1. The minimum absolute atomic E-state index is 0.302. The monoisotopic (exact) mass is 206 g/mol. The molecule has 0 saturated carbocycles. The van der Waals surface area contributed by atoms with E-state index in [4.69, 9.17) is 11.6 Å². The first-order valence-electron chi connectivity index (χ1n) is 4.62. The summed E-state index contributed by atoms with van der Waals surface area (Å²) in [6.45, 7) is 2.05. The van der Waals surface area contributed by atoms with Crippen molar-refractivity contribution >= 4 is 22.4 Å². The van der Waals surface area contributed by atoms with Crippen LogP contribution in [0.4, 0.5) is 0 Å². The first-order valence-corrected chi connectivity index (χ1v) is 5.00. The number of aryl methyl sites for hydroxylation is 1. The molecule has 2 rings (SSSR count). The molecule has 1 N–H and O–H groups in total. The topological polar surface area (TPSA) is 20.2 Å². The van der Waals surface area contributed by atoms with Crippen LogP contribution in [0, 0.1) is 0 Å². The minimum atomic E-state index is 0.302. The number of aromatic hydroxyl groups is 1. The van der Waals surface area contributed by atoms with E-state index >= 15 is 0 Å². The molecule has 0 aromatic heterocycles. The van der Waals surface area contributed by atoms with Gasteiger partial charge in [0.1, 0.15) is 5.75 Å². The van der Waals surface area contributed by atoms with E-state index in [0.717, 1.165) is 27.8 Å². The Morgan fingerprint density at radius 1 is 1.29 bits per heavy atom. The number of halogens is 1. The van der Waals surface area contributed by atoms with Crippen LogP contribution in [0.5, 0.6) is 5.75 Å². The number of rotatable bonds is 1. The van der Waals surface area contributed by atoms with E-state index in [1.54, 1.807) is 12.1 Å². The zero-order chi connectivity index (χ0) is 10.1. The number of hydrogen-bond donors (Lipinski definition) is 1. The van der Waals surface area contributed by atoms with Crippen molar-refractivity contribution in [2.75, 3.05) is 0 Å². The smallest absolute Gasteiger partial charge is 0.116 e. The summed E-state index contributed by atoms with van der Waals surface area (Å²) in [6, 6.07) is 9.23. The van der Waals surface area contributed by atoms with Gasteiger partial charge in [0.25, 0.3) is 0 Å². The molecular weight excluding hydrogens is 196 g/mol. The maximum absolute atomic E-state index is 9.49. The number of benzene rings is 2. The molecule has 0 spiro atoms. The molecule has 0 heterocycles. The molecule has 2 heteroatoms. The second kappa shape index (κ2) is 3.50. The molecule has 0 aliphatic carbocycles. The van der Waals surface area contributed by atoms with Crippen molar-refractivity contribution < 1.29 is 5.11 Å². The molecule has 0 fully saturated rings. The highest BCUT2D eigenvalue weighted by atomic mass is 35.5. The van der Waals surface area contributed by atoms with Gasteiger partial charge in [0, 0.05) is 10.4 Å². The van der Waals surface area contributed by atoms with Gasteiger partial charge in [-0.3, -0.25) is 0 Å². The highest BCUT2D eigenvalue weighted by molar-refractivity contribution is 6.35. The molecule has 0 unspecified atom stereocenters. The lowest BCUT2D eigenvalue weighted by atomic mass is 10.0. The van der Waals surface area contributed by atoms with Gasteiger partial charge in [-0.1, -0.05) is 30.7 Å². The summed E-state index contributed by atoms with van der Waals surface area (Å²) in [6.07, 6.45) is 0.870. The highest BCUT2D eigenvalue weighted by Crippen LogP contribution is 2.30. The molecule has 2 aromatic carbocycles. The lowest BCUT2D eigenvalue weighted by Crippen LogP contribution is -1.84. The van der Waals surface area contributed by atoms with E-state index in [9.17, 15) is 5.11 Å². The van der Waals surface area contributed by atoms with E-state index in [1.807, 2.05) is 18.2 Å². The van der Waals surface area contributed by atoms with Crippen molar-refractivity contribution in [2.24, 2.45) is 0 Å². The first kappa shape index (κ1) is 9.35. The van der Waals surface area contributed by atoms with Crippen LogP contribution in [0.25, 0.3) is 10.8 Å². The molecule has 0 amide bonds. The maximum atomic E-state index is 9.49. The summed E-state index contributed by atoms with van der Waals surface area (Å²) in [5.74, 6) is 0.302. The quantitative estimate of drug-likeness (QED) is 0.753. The molecule has 0 radical (unpaired) electrons. The van der Waals surface area contributed by atoms with Crippen LogP contribution in [0.15, 0.2) is 30.3 Å². The average molecular weight is 207 g/mol. The van der Waals surface area contributed by atoms with Crippen LogP contribution < -0.4 is 0 Å². The Morgan fingerprint density at radius 2 is 2.07 bits per heavy atom. The molecule has 14 heavy (non-hydrogen) atoms. The van der Waals surface area contributed by atoms with Crippen molar-refractivity contribution in [1.29, 1.82) is 0 Å². The van der Waals surface area contributed by atoms with Gasteiger partial charge in [-0.25, -0.2) is 0 Å². The van der Waals surface area contributed by atoms with Crippen LogP contribution in [0.1, 0.15) is 12.5 Å². The van der Waals surface area contributed by atoms with Gasteiger partial charge in [0.2, 0.25) is 0 Å². The van der Waals surface area contributed by atoms with Crippen molar-refractivity contribution in [1.82, 2.24) is 0 Å². The summed E-state index contributed by atoms with van der Waals surface area (Å²) in [5, 5.41) is 12.3. The number of fused-ring (bicyclic) bond motifs is 1. The second-order valence-electron chi connectivity index (χ2n) is 3.30. The third kappa shape index (κ3) is 1.44. The van der Waals surface area contributed by atoms with E-state index in [2.05, 4.69) is 6.92 Å². The Bertz CT molecular complexity index is 477. The van der Waals surface area contributed by atoms with Gasteiger partial charge in [0.05, 0.1) is 0 Å². The zero-order valence-electron chi connectivity index (χ0n) is 7.92. The number of phenolic OH excluding ortho intramolecular Hbond substituents is 1. The molecule has 72 valence electrons. The molecule has 0 aliphatic heterocycles. The Hall–Kier alpha value is -1.21. The molecule has 0 bridgehead atoms. The summed E-state index contributed by atoms with van der Waals surface area (Å²) < 4.78 is 0. The summed E-state index contributed by atoms with van der Waals surface area (Å²) in [5.41, 5.74) is 1.09. The van der Waals surface area contributed by atoms with Gasteiger partial charge < -0.3 is 5.11 Å². The Labute approximate surface area is 87.9 Å². The van der Waals surface area contributed by atoms with Gasteiger partial charge in [-0.05, 0) is 35.6 Å². The van der Waals surface area contributed by atoms with Gasteiger partial charge in [0.15, 0.2) is 0 Å². The lowest BCUT2D eigenvalue weighted by molar-refractivity contribution is 0.475. The van der Waals surface area contributed by atoms with Crippen molar-refractivity contribution in [3.8, 4) is 5.75 Å². The van der Waals surface area contributed by atoms with E-state index in [-0.39, 0.29) is 0 Å². The average Bonchev–Trinajstić information content (AvgIpc) is 2.16. The van der Waals surface area contributed by atoms with Crippen molar-refractivity contribution in [3.05, 3.63) is 40.9 Å². The molecule has 0 atom stereocenters. The third-order valence-electron chi connectivity index (χ3n) is 2.37.